The summed E-state index contributed by atoms with van der Waals surface area (Å²) in [5, 5.41) is 6.01. The van der Waals surface area contributed by atoms with Crippen molar-refractivity contribution in [3.8, 4) is 0 Å². The van der Waals surface area contributed by atoms with Gasteiger partial charge in [-0.3, -0.25) is 10.00 Å². The molecule has 0 unspecified atom stereocenters. The van der Waals surface area contributed by atoms with Crippen molar-refractivity contribution in [3.05, 3.63) is 17.5 Å². The molecule has 2 rings (SSSR count). The van der Waals surface area contributed by atoms with E-state index in [0.29, 0.717) is 12.1 Å². The summed E-state index contributed by atoms with van der Waals surface area (Å²) in [7, 11) is 0. The molecule has 0 amide bonds. The van der Waals surface area contributed by atoms with Crippen molar-refractivity contribution in [2.24, 2.45) is 0 Å². The molecule has 5 heteroatoms. The first-order valence-electron chi connectivity index (χ1n) is 4.80. The molecule has 1 aromatic rings. The Labute approximate surface area is 81.1 Å². The summed E-state index contributed by atoms with van der Waals surface area (Å²) < 4.78 is 24.9. The molecule has 1 saturated heterocycles. The van der Waals surface area contributed by atoms with Gasteiger partial charge in [-0.2, -0.15) is 5.10 Å². The molecular formula is C9H13F2N3. The van der Waals surface area contributed by atoms with Crippen molar-refractivity contribution in [1.29, 1.82) is 0 Å². The SMILES string of the molecule is FC(F)c1[nH]ncc1CN1CCCC1. The van der Waals surface area contributed by atoms with E-state index >= 15 is 0 Å². The molecule has 0 spiro atoms. The number of nitrogens with zero attached hydrogens (tertiary/aromatic N) is 2. The third-order valence-corrected chi connectivity index (χ3v) is 2.56. The zero-order valence-electron chi connectivity index (χ0n) is 7.84. The van der Waals surface area contributed by atoms with Crippen LogP contribution in [0, 0.1) is 0 Å². The molecule has 0 radical (unpaired) electrons. The zero-order valence-corrected chi connectivity index (χ0v) is 7.84. The average Bonchev–Trinajstić information content (AvgIpc) is 2.75. The summed E-state index contributed by atoms with van der Waals surface area (Å²) in [6.45, 7) is 2.61. The molecule has 1 aliphatic rings. The smallest absolute Gasteiger partial charge is 0.280 e. The van der Waals surface area contributed by atoms with Crippen molar-refractivity contribution in [1.82, 2.24) is 15.1 Å². The van der Waals surface area contributed by atoms with Gasteiger partial charge < -0.3 is 0 Å². The predicted octanol–water partition coefficient (Wildman–Crippen LogP) is 1.94. The molecule has 0 aliphatic carbocycles. The fraction of sp³-hybridized carbons (Fsp3) is 0.667. The second kappa shape index (κ2) is 4.04. The number of aromatic nitrogens is 2. The molecule has 1 fully saturated rings. The highest BCUT2D eigenvalue weighted by molar-refractivity contribution is 5.17. The predicted molar refractivity (Wildman–Crippen MR) is 48.1 cm³/mol. The van der Waals surface area contributed by atoms with E-state index in [1.165, 1.54) is 19.0 Å². The Balaban J connectivity index is 2.04. The maximum absolute atomic E-state index is 12.4. The maximum Gasteiger partial charge on any atom is 0.280 e. The largest absolute Gasteiger partial charge is 0.299 e. The van der Waals surface area contributed by atoms with Gasteiger partial charge in [0, 0.05) is 12.1 Å². The summed E-state index contributed by atoms with van der Waals surface area (Å²) in [6.07, 6.45) is 1.39. The molecular weight excluding hydrogens is 188 g/mol. The van der Waals surface area contributed by atoms with Gasteiger partial charge >= 0.3 is 0 Å². The molecule has 0 bridgehead atoms. The number of hydrogen-bond donors (Lipinski definition) is 1. The van der Waals surface area contributed by atoms with E-state index in [0.717, 1.165) is 13.1 Å². The van der Waals surface area contributed by atoms with Gasteiger partial charge in [0.15, 0.2) is 0 Å². The Kier molecular flexibility index (Phi) is 2.77. The first-order chi connectivity index (χ1) is 6.77. The number of H-pyrrole nitrogens is 1. The first-order valence-corrected chi connectivity index (χ1v) is 4.80. The standard InChI is InChI=1S/C9H13F2N3/c10-9(11)8-7(5-12-13-8)6-14-3-1-2-4-14/h5,9H,1-4,6H2,(H,12,13). The molecule has 78 valence electrons. The number of aromatic amines is 1. The average molecular weight is 201 g/mol. The Bertz CT molecular complexity index is 292. The van der Waals surface area contributed by atoms with Gasteiger partial charge in [-0.15, -0.1) is 0 Å². The number of nitrogens with one attached hydrogen (secondary N) is 1. The van der Waals surface area contributed by atoms with Crippen LogP contribution >= 0.6 is 0 Å². The second-order valence-electron chi connectivity index (χ2n) is 3.59. The van der Waals surface area contributed by atoms with E-state index in [-0.39, 0.29) is 5.69 Å². The van der Waals surface area contributed by atoms with Crippen LogP contribution < -0.4 is 0 Å². The summed E-state index contributed by atoms with van der Waals surface area (Å²) in [6, 6.07) is 0. The highest BCUT2D eigenvalue weighted by atomic mass is 19.3. The molecule has 0 saturated carbocycles. The molecule has 1 N–H and O–H groups in total. The van der Waals surface area contributed by atoms with Crippen LogP contribution in [0.1, 0.15) is 30.5 Å². The number of alkyl halides is 2. The molecule has 14 heavy (non-hydrogen) atoms. The lowest BCUT2D eigenvalue weighted by molar-refractivity contribution is 0.143. The van der Waals surface area contributed by atoms with Crippen LogP contribution in [0.2, 0.25) is 0 Å². The topological polar surface area (TPSA) is 31.9 Å². The van der Waals surface area contributed by atoms with Gasteiger partial charge in [-0.05, 0) is 25.9 Å². The van der Waals surface area contributed by atoms with Crippen LogP contribution in [0.15, 0.2) is 6.20 Å². The lowest BCUT2D eigenvalue weighted by Gasteiger charge is -2.13. The third kappa shape index (κ3) is 1.92. The normalized spacial score (nSPS) is 18.2. The van der Waals surface area contributed by atoms with E-state index in [1.807, 2.05) is 0 Å². The maximum atomic E-state index is 12.4. The highest BCUT2D eigenvalue weighted by Crippen LogP contribution is 2.22. The highest BCUT2D eigenvalue weighted by Gasteiger charge is 2.19. The van der Waals surface area contributed by atoms with Crippen LogP contribution in [-0.4, -0.2) is 28.2 Å². The zero-order chi connectivity index (χ0) is 9.97. The van der Waals surface area contributed by atoms with Crippen LogP contribution in [0.5, 0.6) is 0 Å². The van der Waals surface area contributed by atoms with Gasteiger partial charge in [0.05, 0.1) is 6.20 Å². The molecule has 0 atom stereocenters. The van der Waals surface area contributed by atoms with E-state index in [4.69, 9.17) is 0 Å². The first kappa shape index (κ1) is 9.58. The summed E-state index contributed by atoms with van der Waals surface area (Å²) >= 11 is 0. The van der Waals surface area contributed by atoms with Crippen LogP contribution in [-0.2, 0) is 6.54 Å². The van der Waals surface area contributed by atoms with Gasteiger partial charge in [0.1, 0.15) is 5.69 Å². The summed E-state index contributed by atoms with van der Waals surface area (Å²) in [5.41, 5.74) is 0.596. The van der Waals surface area contributed by atoms with Crippen LogP contribution in [0.4, 0.5) is 8.78 Å². The molecule has 0 aromatic carbocycles. The minimum Gasteiger partial charge on any atom is -0.299 e. The van der Waals surface area contributed by atoms with E-state index in [2.05, 4.69) is 15.1 Å². The van der Waals surface area contributed by atoms with Gasteiger partial charge in [-0.25, -0.2) is 8.78 Å². The Hall–Kier alpha value is -0.970. The van der Waals surface area contributed by atoms with Crippen molar-refractivity contribution in [3.63, 3.8) is 0 Å². The molecule has 3 nitrogen and oxygen atoms in total. The number of rotatable bonds is 3. The quantitative estimate of drug-likeness (QED) is 0.810. The fourth-order valence-electron chi connectivity index (χ4n) is 1.82. The summed E-state index contributed by atoms with van der Waals surface area (Å²) in [5.74, 6) is 0. The van der Waals surface area contributed by atoms with E-state index in [1.54, 1.807) is 0 Å². The fourth-order valence-corrected chi connectivity index (χ4v) is 1.82. The number of halogens is 2. The number of hydrogen-bond acceptors (Lipinski definition) is 2. The van der Waals surface area contributed by atoms with Gasteiger partial charge in [0.25, 0.3) is 6.43 Å². The lowest BCUT2D eigenvalue weighted by atomic mass is 10.2. The Morgan fingerprint density at radius 3 is 2.79 bits per heavy atom. The van der Waals surface area contributed by atoms with E-state index in [9.17, 15) is 8.78 Å². The van der Waals surface area contributed by atoms with Gasteiger partial charge in [0.2, 0.25) is 0 Å². The van der Waals surface area contributed by atoms with Crippen molar-refractivity contribution >= 4 is 0 Å². The number of likely N-dealkylation sites (tertiary alicyclic amines) is 1. The monoisotopic (exact) mass is 201 g/mol. The Morgan fingerprint density at radius 2 is 2.14 bits per heavy atom. The minimum absolute atomic E-state index is 0.0306. The minimum atomic E-state index is -2.45. The second-order valence-corrected chi connectivity index (χ2v) is 3.59. The van der Waals surface area contributed by atoms with Crippen molar-refractivity contribution in [2.45, 2.75) is 25.8 Å². The lowest BCUT2D eigenvalue weighted by Crippen LogP contribution is -2.18. The van der Waals surface area contributed by atoms with Crippen LogP contribution in [0.25, 0.3) is 0 Å². The molecule has 1 aromatic heterocycles. The Morgan fingerprint density at radius 1 is 1.43 bits per heavy atom. The third-order valence-electron chi connectivity index (χ3n) is 2.56. The van der Waals surface area contributed by atoms with Crippen LogP contribution in [0.3, 0.4) is 0 Å². The van der Waals surface area contributed by atoms with E-state index < -0.39 is 6.43 Å². The molecule has 2 heterocycles. The summed E-state index contributed by atoms with van der Waals surface area (Å²) in [4.78, 5) is 2.18. The van der Waals surface area contributed by atoms with Crippen molar-refractivity contribution in [2.75, 3.05) is 13.1 Å². The van der Waals surface area contributed by atoms with Crippen molar-refractivity contribution < 1.29 is 8.78 Å². The molecule has 1 aliphatic heterocycles. The van der Waals surface area contributed by atoms with Gasteiger partial charge in [-0.1, -0.05) is 0 Å².